The Morgan fingerprint density at radius 1 is 1.43 bits per heavy atom. The fraction of sp³-hybridized carbons (Fsp3) is 1.00. The minimum absolute atomic E-state index is 0.191. The van der Waals surface area contributed by atoms with Crippen LogP contribution in [0, 0.1) is 0 Å². The molecule has 0 unspecified atom stereocenters. The van der Waals surface area contributed by atoms with Crippen molar-refractivity contribution in [3.05, 3.63) is 0 Å². The monoisotopic (exact) mass is 112 g/mol. The van der Waals surface area contributed by atoms with Gasteiger partial charge in [0.05, 0.1) is 0 Å². The zero-order valence-electron chi connectivity index (χ0n) is 3.79. The van der Waals surface area contributed by atoms with Gasteiger partial charge < -0.3 is 0 Å². The van der Waals surface area contributed by atoms with Gasteiger partial charge in [-0.15, -0.1) is 5.32 Å². The van der Waals surface area contributed by atoms with Crippen LogP contribution in [-0.4, -0.2) is 12.8 Å². The van der Waals surface area contributed by atoms with Gasteiger partial charge in [0.25, 0.3) is 0 Å². The van der Waals surface area contributed by atoms with Gasteiger partial charge in [-0.1, -0.05) is 6.92 Å². The summed E-state index contributed by atoms with van der Waals surface area (Å²) >= 11 is 0. The Hall–Kier alpha value is -0.250. The molecule has 0 aliphatic rings. The lowest BCUT2D eigenvalue weighted by Crippen LogP contribution is -2.23. The molecule has 0 aliphatic carbocycles. The van der Waals surface area contributed by atoms with Crippen molar-refractivity contribution in [3.8, 4) is 0 Å². The molecule has 1 radical (unpaired) electrons. The average molecular weight is 112 g/mol. The third kappa shape index (κ3) is 5.75. The lowest BCUT2D eigenvalue weighted by molar-refractivity contribution is -0.159. The predicted octanol–water partition coefficient (Wildman–Crippen LogP) is 1.13. The van der Waals surface area contributed by atoms with Gasteiger partial charge in [-0.25, -0.2) is 0 Å². The van der Waals surface area contributed by atoms with Gasteiger partial charge in [0.1, 0.15) is 0 Å². The summed E-state index contributed by atoms with van der Waals surface area (Å²) in [5, 5.41) is 2.26. The first kappa shape index (κ1) is 6.75. The Balaban J connectivity index is 3.15. The first-order valence-electron chi connectivity index (χ1n) is 1.81. The predicted molar refractivity (Wildman–Crippen MR) is 18.7 cm³/mol. The van der Waals surface area contributed by atoms with E-state index in [9.17, 15) is 13.2 Å². The van der Waals surface area contributed by atoms with Crippen molar-refractivity contribution in [3.63, 3.8) is 0 Å². The minimum Gasteiger partial charge on any atom is -0.154 e. The molecule has 1 nitrogen and oxygen atoms in total. The molecule has 0 atom stereocenters. The highest BCUT2D eigenvalue weighted by atomic mass is 19.4. The highest BCUT2D eigenvalue weighted by Gasteiger charge is 2.26. The third-order valence-corrected chi connectivity index (χ3v) is 0.337. The Kier molecular flexibility index (Phi) is 2.08. The zero-order valence-corrected chi connectivity index (χ0v) is 3.79. The van der Waals surface area contributed by atoms with Crippen molar-refractivity contribution in [1.29, 1.82) is 0 Å². The van der Waals surface area contributed by atoms with E-state index < -0.39 is 6.30 Å². The molecule has 0 aromatic carbocycles. The molecule has 0 N–H and O–H groups in total. The molecule has 43 valence electrons. The number of halogens is 3. The summed E-state index contributed by atoms with van der Waals surface area (Å²) in [6.45, 7) is 1.15. The summed E-state index contributed by atoms with van der Waals surface area (Å²) < 4.78 is 32.7. The van der Waals surface area contributed by atoms with E-state index in [0.717, 1.165) is 0 Å². The summed E-state index contributed by atoms with van der Waals surface area (Å²) in [5.74, 6) is 0. The molecule has 0 heterocycles. The number of rotatable bonds is 1. The van der Waals surface area contributed by atoms with Gasteiger partial charge in [-0.2, -0.15) is 13.2 Å². The van der Waals surface area contributed by atoms with Crippen LogP contribution in [0.4, 0.5) is 13.2 Å². The normalized spacial score (nSPS) is 12.0. The summed E-state index contributed by atoms with van der Waals surface area (Å²) in [7, 11) is 0. The maximum absolute atomic E-state index is 10.9. The van der Waals surface area contributed by atoms with Crippen molar-refractivity contribution < 1.29 is 13.2 Å². The van der Waals surface area contributed by atoms with Crippen molar-refractivity contribution in [2.75, 3.05) is 6.54 Å². The van der Waals surface area contributed by atoms with Gasteiger partial charge >= 0.3 is 6.30 Å². The number of hydrogen-bond acceptors (Lipinski definition) is 0. The van der Waals surface area contributed by atoms with Gasteiger partial charge in [0, 0.05) is 6.54 Å². The molecular weight excluding hydrogens is 107 g/mol. The summed E-state index contributed by atoms with van der Waals surface area (Å²) in [6, 6.07) is 0. The summed E-state index contributed by atoms with van der Waals surface area (Å²) in [6.07, 6.45) is -4.32. The second kappa shape index (κ2) is 2.16. The van der Waals surface area contributed by atoms with Crippen LogP contribution in [-0.2, 0) is 0 Å². The molecule has 7 heavy (non-hydrogen) atoms. The minimum atomic E-state index is -4.32. The Bertz CT molecular complexity index is 48.6. The van der Waals surface area contributed by atoms with Crippen LogP contribution in [0.15, 0.2) is 0 Å². The second-order valence-electron chi connectivity index (χ2n) is 0.942. The smallest absolute Gasteiger partial charge is 0.154 e. The van der Waals surface area contributed by atoms with E-state index in [1.807, 2.05) is 0 Å². The molecule has 0 saturated heterocycles. The largest absolute Gasteiger partial charge is 0.473 e. The van der Waals surface area contributed by atoms with Gasteiger partial charge in [-0.3, -0.25) is 0 Å². The van der Waals surface area contributed by atoms with Crippen molar-refractivity contribution in [2.45, 2.75) is 13.2 Å². The molecule has 0 amide bonds. The third-order valence-electron chi connectivity index (χ3n) is 0.337. The summed E-state index contributed by atoms with van der Waals surface area (Å²) in [4.78, 5) is 0. The van der Waals surface area contributed by atoms with Gasteiger partial charge in [0.15, 0.2) is 0 Å². The van der Waals surface area contributed by atoms with E-state index in [0.29, 0.717) is 0 Å². The molecule has 0 bridgehead atoms. The quantitative estimate of drug-likeness (QED) is 0.451. The maximum Gasteiger partial charge on any atom is 0.473 e. The zero-order chi connectivity index (χ0) is 5.91. The van der Waals surface area contributed by atoms with E-state index in [-0.39, 0.29) is 6.54 Å². The van der Waals surface area contributed by atoms with Crippen LogP contribution in [0.1, 0.15) is 6.92 Å². The van der Waals surface area contributed by atoms with Crippen LogP contribution in [0.3, 0.4) is 0 Å². The van der Waals surface area contributed by atoms with Gasteiger partial charge in [-0.05, 0) is 0 Å². The lowest BCUT2D eigenvalue weighted by Gasteiger charge is -1.99. The molecule has 0 aromatic rings. The Morgan fingerprint density at radius 3 is 1.86 bits per heavy atom. The fourth-order valence-corrected chi connectivity index (χ4v) is 0.179. The van der Waals surface area contributed by atoms with Crippen LogP contribution in [0.25, 0.3) is 0 Å². The van der Waals surface area contributed by atoms with E-state index in [2.05, 4.69) is 5.32 Å². The second-order valence-corrected chi connectivity index (χ2v) is 0.942. The van der Waals surface area contributed by atoms with E-state index in [1.54, 1.807) is 0 Å². The van der Waals surface area contributed by atoms with Crippen LogP contribution in [0.5, 0.6) is 0 Å². The Labute approximate surface area is 39.5 Å². The molecule has 0 rings (SSSR count). The van der Waals surface area contributed by atoms with Crippen LogP contribution >= 0.6 is 0 Å². The standard InChI is InChI=1S/C3H5F3N/c1-2-7-3(4,5)6/h2H2,1H3. The molecule has 4 heteroatoms. The van der Waals surface area contributed by atoms with E-state index in [1.165, 1.54) is 6.92 Å². The van der Waals surface area contributed by atoms with Crippen LogP contribution < -0.4 is 5.32 Å². The molecule has 0 fully saturated rings. The highest BCUT2D eigenvalue weighted by Crippen LogP contribution is 2.09. The van der Waals surface area contributed by atoms with E-state index >= 15 is 0 Å². The number of alkyl halides is 3. The van der Waals surface area contributed by atoms with Gasteiger partial charge in [0.2, 0.25) is 0 Å². The lowest BCUT2D eigenvalue weighted by atomic mass is 10.8. The van der Waals surface area contributed by atoms with Crippen LogP contribution in [0.2, 0.25) is 0 Å². The number of hydrogen-bond donors (Lipinski definition) is 0. The Morgan fingerprint density at radius 2 is 1.86 bits per heavy atom. The van der Waals surface area contributed by atoms with Crippen molar-refractivity contribution in [2.24, 2.45) is 0 Å². The SMILES string of the molecule is CC[N]C(F)(F)F. The highest BCUT2D eigenvalue weighted by molar-refractivity contribution is 4.39. The topological polar surface area (TPSA) is 14.1 Å². The average Bonchev–Trinajstić information content (AvgIpc) is 1.30. The van der Waals surface area contributed by atoms with Crippen molar-refractivity contribution >= 4 is 0 Å². The molecule has 0 spiro atoms. The molecule has 0 aromatic heterocycles. The molecule has 0 aliphatic heterocycles. The fourth-order valence-electron chi connectivity index (χ4n) is 0.179. The first-order valence-corrected chi connectivity index (χ1v) is 1.81. The van der Waals surface area contributed by atoms with Crippen molar-refractivity contribution in [1.82, 2.24) is 5.32 Å². The van der Waals surface area contributed by atoms with E-state index in [4.69, 9.17) is 0 Å². The summed E-state index contributed by atoms with van der Waals surface area (Å²) in [5.41, 5.74) is 0. The molecular formula is C3H5F3N. The number of nitrogens with zero attached hydrogens (tertiary/aromatic N) is 1. The first-order chi connectivity index (χ1) is 3.06. The maximum atomic E-state index is 10.9. The molecule has 0 saturated carbocycles.